The Morgan fingerprint density at radius 3 is 2.32 bits per heavy atom. The van der Waals surface area contributed by atoms with Crippen LogP contribution < -0.4 is 15.8 Å². The van der Waals surface area contributed by atoms with Crippen LogP contribution in [-0.4, -0.2) is 18.4 Å². The van der Waals surface area contributed by atoms with Gasteiger partial charge in [0.2, 0.25) is 5.91 Å². The van der Waals surface area contributed by atoms with Gasteiger partial charge in [0.25, 0.3) is 5.91 Å². The number of ether oxygens (including phenoxy) is 1. The van der Waals surface area contributed by atoms with E-state index in [4.69, 9.17) is 22.1 Å². The second-order valence-electron chi connectivity index (χ2n) is 5.78. The van der Waals surface area contributed by atoms with E-state index in [1.807, 2.05) is 48.5 Å². The van der Waals surface area contributed by atoms with Crippen molar-refractivity contribution in [3.63, 3.8) is 0 Å². The van der Waals surface area contributed by atoms with Crippen molar-refractivity contribution in [2.24, 2.45) is 5.73 Å². The highest BCUT2D eigenvalue weighted by atomic mass is 35.5. The third-order valence-electron chi connectivity index (χ3n) is 3.71. The zero-order valence-corrected chi connectivity index (χ0v) is 16.3. The van der Waals surface area contributed by atoms with Gasteiger partial charge in [0.1, 0.15) is 5.75 Å². The summed E-state index contributed by atoms with van der Waals surface area (Å²) < 4.78 is 5.46. The molecule has 142 valence electrons. The van der Waals surface area contributed by atoms with Crippen LogP contribution in [0.3, 0.4) is 0 Å². The molecule has 0 radical (unpaired) electrons. The molecule has 5 nitrogen and oxygen atoms in total. The summed E-state index contributed by atoms with van der Waals surface area (Å²) in [5.74, 6) is -0.328. The maximum atomic E-state index is 12.3. The van der Waals surface area contributed by atoms with E-state index in [1.165, 1.54) is 11.8 Å². The highest BCUT2D eigenvalue weighted by molar-refractivity contribution is 7.99. The minimum atomic E-state index is -0.515. The second-order valence-corrected chi connectivity index (χ2v) is 7.33. The Hall–Kier alpha value is -2.96. The Balaban J connectivity index is 1.60. The molecule has 0 saturated heterocycles. The third-order valence-corrected chi connectivity index (χ3v) is 5.05. The van der Waals surface area contributed by atoms with E-state index in [1.54, 1.807) is 24.3 Å². The van der Waals surface area contributed by atoms with E-state index in [-0.39, 0.29) is 12.5 Å². The minimum Gasteiger partial charge on any atom is -0.484 e. The fourth-order valence-electron chi connectivity index (χ4n) is 2.34. The van der Waals surface area contributed by atoms with Crippen LogP contribution in [-0.2, 0) is 4.79 Å². The van der Waals surface area contributed by atoms with Gasteiger partial charge in [0.15, 0.2) is 6.61 Å². The highest BCUT2D eigenvalue weighted by Gasteiger charge is 2.09. The smallest absolute Gasteiger partial charge is 0.262 e. The fraction of sp³-hybridized carbons (Fsp3) is 0.0476. The first-order valence-corrected chi connectivity index (χ1v) is 9.56. The molecule has 28 heavy (non-hydrogen) atoms. The summed E-state index contributed by atoms with van der Waals surface area (Å²) in [6.07, 6.45) is 0. The summed E-state index contributed by atoms with van der Waals surface area (Å²) in [5.41, 5.74) is 6.27. The summed E-state index contributed by atoms with van der Waals surface area (Å²) in [7, 11) is 0. The number of primary amides is 1. The van der Waals surface area contributed by atoms with E-state index in [9.17, 15) is 9.59 Å². The fourth-order valence-corrected chi connectivity index (χ4v) is 3.37. The molecule has 0 heterocycles. The molecule has 0 fully saturated rings. The Kier molecular flexibility index (Phi) is 6.57. The van der Waals surface area contributed by atoms with Crippen molar-refractivity contribution >= 4 is 40.9 Å². The number of carbonyl (C=O) groups excluding carboxylic acids is 2. The minimum absolute atomic E-state index is 0.157. The van der Waals surface area contributed by atoms with Crippen LogP contribution in [0.15, 0.2) is 82.6 Å². The van der Waals surface area contributed by atoms with Crippen LogP contribution in [0.1, 0.15) is 10.4 Å². The molecule has 0 spiro atoms. The first-order valence-electron chi connectivity index (χ1n) is 8.36. The molecule has 0 aliphatic rings. The lowest BCUT2D eigenvalue weighted by Crippen LogP contribution is -2.20. The molecule has 3 rings (SSSR count). The van der Waals surface area contributed by atoms with Crippen molar-refractivity contribution in [3.8, 4) is 5.75 Å². The van der Waals surface area contributed by atoms with Crippen molar-refractivity contribution in [1.29, 1.82) is 0 Å². The first-order chi connectivity index (χ1) is 13.5. The van der Waals surface area contributed by atoms with Crippen molar-refractivity contribution in [2.45, 2.75) is 9.79 Å². The van der Waals surface area contributed by atoms with Gasteiger partial charge < -0.3 is 15.8 Å². The molecule has 0 aliphatic heterocycles. The van der Waals surface area contributed by atoms with Gasteiger partial charge in [-0.05, 0) is 60.7 Å². The van der Waals surface area contributed by atoms with Crippen molar-refractivity contribution in [1.82, 2.24) is 0 Å². The third kappa shape index (κ3) is 5.52. The molecule has 3 aromatic rings. The average molecular weight is 413 g/mol. The van der Waals surface area contributed by atoms with Crippen molar-refractivity contribution in [2.75, 3.05) is 11.9 Å². The number of para-hydroxylation sites is 1. The molecule has 0 saturated carbocycles. The number of hydrogen-bond donors (Lipinski definition) is 2. The molecule has 7 heteroatoms. The Morgan fingerprint density at radius 1 is 0.964 bits per heavy atom. The SMILES string of the molecule is NC(=O)c1ccc(OCC(=O)Nc2ccccc2Sc2ccc(Cl)cc2)cc1. The number of carbonyl (C=O) groups is 2. The van der Waals surface area contributed by atoms with Crippen LogP contribution in [0.4, 0.5) is 5.69 Å². The Morgan fingerprint density at radius 2 is 1.64 bits per heavy atom. The van der Waals surface area contributed by atoms with Gasteiger partial charge in [-0.2, -0.15) is 0 Å². The van der Waals surface area contributed by atoms with Gasteiger partial charge in [-0.15, -0.1) is 0 Å². The van der Waals surface area contributed by atoms with E-state index in [2.05, 4.69) is 5.32 Å². The van der Waals surface area contributed by atoms with Gasteiger partial charge in [0, 0.05) is 20.4 Å². The van der Waals surface area contributed by atoms with Crippen molar-refractivity contribution < 1.29 is 14.3 Å². The number of halogens is 1. The molecular weight excluding hydrogens is 396 g/mol. The summed E-state index contributed by atoms with van der Waals surface area (Å²) in [4.78, 5) is 25.3. The molecule has 0 unspecified atom stereocenters. The number of benzene rings is 3. The quantitative estimate of drug-likeness (QED) is 0.593. The van der Waals surface area contributed by atoms with E-state index in [0.717, 1.165) is 9.79 Å². The van der Waals surface area contributed by atoms with E-state index >= 15 is 0 Å². The van der Waals surface area contributed by atoms with Crippen LogP contribution in [0, 0.1) is 0 Å². The molecule has 0 atom stereocenters. The zero-order chi connectivity index (χ0) is 19.9. The van der Waals surface area contributed by atoms with E-state index < -0.39 is 5.91 Å². The molecule has 0 bridgehead atoms. The average Bonchev–Trinajstić information content (AvgIpc) is 2.70. The lowest BCUT2D eigenvalue weighted by molar-refractivity contribution is -0.118. The number of nitrogens with two attached hydrogens (primary N) is 1. The number of hydrogen-bond acceptors (Lipinski definition) is 4. The monoisotopic (exact) mass is 412 g/mol. The van der Waals surface area contributed by atoms with E-state index in [0.29, 0.717) is 22.0 Å². The van der Waals surface area contributed by atoms with Crippen molar-refractivity contribution in [3.05, 3.63) is 83.4 Å². The molecule has 3 N–H and O–H groups in total. The topological polar surface area (TPSA) is 81.4 Å². The summed E-state index contributed by atoms with van der Waals surface area (Å²) in [6.45, 7) is -0.157. The maximum absolute atomic E-state index is 12.3. The van der Waals surface area contributed by atoms with Crippen LogP contribution in [0.2, 0.25) is 5.02 Å². The summed E-state index contributed by atoms with van der Waals surface area (Å²) >= 11 is 7.45. The predicted octanol–water partition coefficient (Wildman–Crippen LogP) is 4.61. The lowest BCUT2D eigenvalue weighted by atomic mass is 10.2. The van der Waals surface area contributed by atoms with Gasteiger partial charge in [-0.1, -0.05) is 35.5 Å². The number of rotatable bonds is 7. The van der Waals surface area contributed by atoms with Gasteiger partial charge in [-0.25, -0.2) is 0 Å². The normalized spacial score (nSPS) is 10.3. The van der Waals surface area contributed by atoms with Crippen LogP contribution in [0.5, 0.6) is 5.75 Å². The number of anilines is 1. The van der Waals surface area contributed by atoms with Crippen LogP contribution in [0.25, 0.3) is 0 Å². The molecule has 0 aromatic heterocycles. The summed E-state index contributed by atoms with van der Waals surface area (Å²) in [5, 5.41) is 3.53. The maximum Gasteiger partial charge on any atom is 0.262 e. The van der Waals surface area contributed by atoms with Gasteiger partial charge in [-0.3, -0.25) is 9.59 Å². The van der Waals surface area contributed by atoms with Gasteiger partial charge >= 0.3 is 0 Å². The lowest BCUT2D eigenvalue weighted by Gasteiger charge is -2.11. The Labute approximate surface area is 171 Å². The molecule has 0 aliphatic carbocycles. The largest absolute Gasteiger partial charge is 0.484 e. The number of nitrogens with one attached hydrogen (secondary N) is 1. The first kappa shape index (κ1) is 19.8. The summed E-state index contributed by atoms with van der Waals surface area (Å²) in [6, 6.07) is 21.3. The number of amides is 2. The zero-order valence-electron chi connectivity index (χ0n) is 14.7. The second kappa shape index (κ2) is 9.30. The van der Waals surface area contributed by atoms with Crippen LogP contribution >= 0.6 is 23.4 Å². The standard InChI is InChI=1S/C21H17ClN2O3S/c22-15-7-11-17(12-8-15)28-19-4-2-1-3-18(19)24-20(25)13-27-16-9-5-14(6-10-16)21(23)26/h1-12H,13H2,(H2,23,26)(H,24,25). The van der Waals surface area contributed by atoms with Gasteiger partial charge in [0.05, 0.1) is 5.69 Å². The Bertz CT molecular complexity index is 976. The highest BCUT2D eigenvalue weighted by Crippen LogP contribution is 2.33. The molecule has 3 aromatic carbocycles. The molecular formula is C21H17ClN2O3S. The predicted molar refractivity (Wildman–Crippen MR) is 111 cm³/mol. The molecule has 2 amide bonds.